The van der Waals surface area contributed by atoms with Gasteiger partial charge in [-0.2, -0.15) is 0 Å². The Kier molecular flexibility index (Phi) is 16.0. The number of hydrogen-bond donors (Lipinski definition) is 13. The number of aliphatic hydroxyl groups is 3. The van der Waals surface area contributed by atoms with Crippen molar-refractivity contribution in [3.05, 3.63) is 23.8 Å². The molecule has 3 aliphatic heterocycles. The van der Waals surface area contributed by atoms with Gasteiger partial charge in [-0.05, 0) is 23.6 Å². The number of carbonyl (C=O) groups excluding carboxylic acids is 8. The number of amides is 8. The van der Waals surface area contributed by atoms with Crippen LogP contribution in [0.3, 0.4) is 0 Å². The molecule has 0 saturated carbocycles. The van der Waals surface area contributed by atoms with E-state index in [1.54, 1.807) is 13.8 Å². The van der Waals surface area contributed by atoms with E-state index in [-0.39, 0.29) is 27.2 Å². The summed E-state index contributed by atoms with van der Waals surface area (Å²) in [5.74, 6) is -12.9. The molecular weight excluding hydrogens is 867 g/mol. The van der Waals surface area contributed by atoms with Crippen LogP contribution in [0.15, 0.2) is 23.2 Å². The van der Waals surface area contributed by atoms with E-state index in [4.69, 9.17) is 0 Å². The SMILES string of the molecule is CCC(C)[C@@H]1NC(=O)CNC(=O)[C@@H]2Cc3c([nH]c4cc(O)ccc34)S(=O)C[C@@H](NC(=O)CNC1=O)C(=O)N[C@@H](CC(=O)O)C(=O)N1CC(O)C[C@H]1C(=O)N[C@@H]([C@@H](C)[C@@H](O)CO)C(=O)N2. The highest BCUT2D eigenvalue weighted by Crippen LogP contribution is 2.30. The van der Waals surface area contributed by atoms with E-state index in [0.29, 0.717) is 6.42 Å². The van der Waals surface area contributed by atoms with Crippen LogP contribution in [0, 0.1) is 11.8 Å². The second-order valence-electron chi connectivity index (χ2n) is 16.1. The van der Waals surface area contributed by atoms with Crippen molar-refractivity contribution in [3.8, 4) is 5.75 Å². The van der Waals surface area contributed by atoms with Crippen LogP contribution in [0.2, 0.25) is 0 Å². The van der Waals surface area contributed by atoms with Gasteiger partial charge in [-0.15, -0.1) is 0 Å². The van der Waals surface area contributed by atoms with Crippen LogP contribution in [0.4, 0.5) is 0 Å². The third-order valence-corrected chi connectivity index (χ3v) is 12.9. The van der Waals surface area contributed by atoms with E-state index < -0.39 is 176 Å². The lowest BCUT2D eigenvalue weighted by molar-refractivity contribution is -0.146. The summed E-state index contributed by atoms with van der Waals surface area (Å²) in [6, 6.07) is -6.28. The number of aromatic amines is 1. The maximum atomic E-state index is 14.5. The quantitative estimate of drug-likeness (QED) is 0.123. The van der Waals surface area contributed by atoms with Crippen molar-refractivity contribution < 1.29 is 72.9 Å². The third-order valence-electron chi connectivity index (χ3n) is 11.5. The van der Waals surface area contributed by atoms with E-state index >= 15 is 0 Å². The topological polar surface area (TPSA) is 375 Å². The zero-order valence-electron chi connectivity index (χ0n) is 35.0. The van der Waals surface area contributed by atoms with Crippen molar-refractivity contribution in [1.82, 2.24) is 47.1 Å². The predicted molar refractivity (Wildman–Crippen MR) is 221 cm³/mol. The summed E-state index contributed by atoms with van der Waals surface area (Å²) in [5, 5.41) is 68.3. The molecule has 1 saturated heterocycles. The average molecular weight is 920 g/mol. The van der Waals surface area contributed by atoms with Crippen LogP contribution >= 0.6 is 0 Å². The van der Waals surface area contributed by atoms with E-state index in [2.05, 4.69) is 42.2 Å². The average Bonchev–Trinajstić information content (AvgIpc) is 3.82. The molecule has 1 aromatic carbocycles. The van der Waals surface area contributed by atoms with Crippen molar-refractivity contribution in [2.45, 2.75) is 99.9 Å². The summed E-state index contributed by atoms with van der Waals surface area (Å²) in [5.41, 5.74) is 0.220. The Morgan fingerprint density at radius 1 is 0.859 bits per heavy atom. The number of fused-ring (bicyclic) bond motifs is 5. The number of carboxylic acids is 1. The molecule has 1 aromatic heterocycles. The Hall–Kier alpha value is -6.18. The van der Waals surface area contributed by atoms with E-state index in [1.807, 2.05) is 0 Å². The first-order valence-corrected chi connectivity index (χ1v) is 21.8. The van der Waals surface area contributed by atoms with Gasteiger partial charge in [0.25, 0.3) is 0 Å². The lowest BCUT2D eigenvalue weighted by Crippen LogP contribution is -2.62. The van der Waals surface area contributed by atoms with E-state index in [0.717, 1.165) is 4.90 Å². The van der Waals surface area contributed by atoms with Crippen molar-refractivity contribution in [2.75, 3.05) is 32.0 Å². The second-order valence-corrected chi connectivity index (χ2v) is 17.5. The minimum absolute atomic E-state index is 0.0635. The number of carbonyl (C=O) groups is 9. The molecule has 2 aromatic rings. The minimum Gasteiger partial charge on any atom is -0.508 e. The Labute approximate surface area is 367 Å². The minimum atomic E-state index is -2.41. The number of aromatic nitrogens is 1. The van der Waals surface area contributed by atoms with Gasteiger partial charge in [0.05, 0.1) is 60.4 Å². The Bertz CT molecular complexity index is 2200. The monoisotopic (exact) mass is 919 g/mol. The molecule has 2 bridgehead atoms. The molecule has 25 heteroatoms. The van der Waals surface area contributed by atoms with Gasteiger partial charge in [0.15, 0.2) is 0 Å². The molecule has 24 nitrogen and oxygen atoms in total. The molecule has 13 N–H and O–H groups in total. The van der Waals surface area contributed by atoms with Crippen LogP contribution in [-0.2, 0) is 60.4 Å². The summed E-state index contributed by atoms with van der Waals surface area (Å²) in [6.45, 7) is 1.64. The third kappa shape index (κ3) is 11.5. The molecule has 0 spiro atoms. The molecule has 3 unspecified atom stereocenters. The van der Waals surface area contributed by atoms with E-state index in [9.17, 15) is 72.9 Å². The number of phenolic OH excluding ortho intramolecular Hbond substituents is 1. The summed E-state index contributed by atoms with van der Waals surface area (Å²) in [6.07, 6.45) is -4.74. The zero-order chi connectivity index (χ0) is 47.2. The summed E-state index contributed by atoms with van der Waals surface area (Å²) in [7, 11) is -2.41. The van der Waals surface area contributed by atoms with Gasteiger partial charge in [0.1, 0.15) is 47.0 Å². The highest BCUT2D eigenvalue weighted by atomic mass is 32.2. The summed E-state index contributed by atoms with van der Waals surface area (Å²) < 4.78 is 14.5. The lowest BCUT2D eigenvalue weighted by Gasteiger charge is -2.32. The van der Waals surface area contributed by atoms with Crippen molar-refractivity contribution in [3.63, 3.8) is 0 Å². The fourth-order valence-electron chi connectivity index (χ4n) is 7.67. The number of nitrogens with zero attached hydrogens (tertiary/aromatic N) is 1. The first kappa shape index (κ1) is 48.8. The molecule has 0 aliphatic carbocycles. The maximum absolute atomic E-state index is 14.5. The molecule has 5 rings (SSSR count). The van der Waals surface area contributed by atoms with Gasteiger partial charge < -0.3 is 72.6 Å². The number of aromatic hydroxyl groups is 1. The fourth-order valence-corrected chi connectivity index (χ4v) is 9.07. The highest BCUT2D eigenvalue weighted by Gasteiger charge is 2.45. The number of H-pyrrole nitrogens is 1. The van der Waals surface area contributed by atoms with Crippen molar-refractivity contribution in [2.24, 2.45) is 11.8 Å². The van der Waals surface area contributed by atoms with Crippen LogP contribution in [0.25, 0.3) is 10.9 Å². The summed E-state index contributed by atoms with van der Waals surface area (Å²) >= 11 is 0. The normalized spacial score (nSPS) is 28.5. The van der Waals surface area contributed by atoms with Gasteiger partial charge in [-0.1, -0.05) is 27.2 Å². The van der Waals surface area contributed by atoms with Crippen LogP contribution in [-0.4, -0.2) is 173 Å². The molecule has 3 aliphatic rings. The van der Waals surface area contributed by atoms with Crippen molar-refractivity contribution >= 4 is 74.9 Å². The Morgan fingerprint density at radius 3 is 2.19 bits per heavy atom. The van der Waals surface area contributed by atoms with Gasteiger partial charge >= 0.3 is 5.97 Å². The van der Waals surface area contributed by atoms with Crippen LogP contribution < -0.4 is 37.2 Å². The number of carboxylic acid groups (broad SMARTS) is 1. The molecule has 4 heterocycles. The Morgan fingerprint density at radius 2 is 1.53 bits per heavy atom. The number of rotatable bonds is 7. The smallest absolute Gasteiger partial charge is 0.305 e. The zero-order valence-corrected chi connectivity index (χ0v) is 35.9. The molecular formula is C39H53N9O15S. The molecule has 0 radical (unpaired) electrons. The largest absolute Gasteiger partial charge is 0.508 e. The number of nitrogens with one attached hydrogen (secondary N) is 8. The standard InChI is InChI=1S/C39H53N9O15S/c1-4-16(2)31-36(60)41-11-28(53)42-25-15-64(63)38-21(20-6-5-18(50)7-22(20)45-38)9-23(33(57)40-12-29(54)46-31)43-37(61)32(17(3)27(52)14-49)47-35(59)26-8-19(51)13-48(26)39(62)24(10-30(55)56)44-34(25)58/h5-7,16-17,19,23-27,31-32,45,49-52H,4,8-15H2,1-3H3,(H,40,57)(H,41,60)(H,42,53)(H,43,61)(H,44,58)(H,46,54)(H,47,59)(H,55,56)/t16?,17-,19?,23-,24-,25+,26-,27-,31-,32-,64?/m0/s1. The van der Waals surface area contributed by atoms with Crippen molar-refractivity contribution in [1.29, 1.82) is 0 Å². The van der Waals surface area contributed by atoms with Gasteiger partial charge in [-0.25, -0.2) is 0 Å². The lowest BCUT2D eigenvalue weighted by atomic mass is 9.93. The first-order valence-electron chi connectivity index (χ1n) is 20.5. The van der Waals surface area contributed by atoms with Gasteiger partial charge in [0.2, 0.25) is 47.3 Å². The molecule has 1 fully saturated rings. The Balaban J connectivity index is 1.73. The molecule has 11 atom stereocenters. The molecule has 350 valence electrons. The number of hydrogen-bond acceptors (Lipinski definition) is 14. The summed E-state index contributed by atoms with van der Waals surface area (Å²) in [4.78, 5) is 127. The number of aliphatic carboxylic acids is 1. The van der Waals surface area contributed by atoms with Crippen LogP contribution in [0.1, 0.15) is 45.6 Å². The first-order chi connectivity index (χ1) is 30.2. The number of phenols is 1. The number of benzene rings is 1. The predicted octanol–water partition coefficient (Wildman–Crippen LogP) is -5.32. The molecule has 64 heavy (non-hydrogen) atoms. The highest BCUT2D eigenvalue weighted by molar-refractivity contribution is 7.85. The van der Waals surface area contributed by atoms with Crippen LogP contribution in [0.5, 0.6) is 5.75 Å². The van der Waals surface area contributed by atoms with E-state index in [1.165, 1.54) is 25.1 Å². The number of aliphatic hydroxyl groups excluding tert-OH is 3. The maximum Gasteiger partial charge on any atom is 0.305 e. The second kappa shape index (κ2) is 21.0. The fraction of sp³-hybridized carbons (Fsp3) is 0.564. The van der Waals surface area contributed by atoms with Gasteiger partial charge in [0, 0.05) is 36.8 Å². The molecule has 8 amide bonds. The van der Waals surface area contributed by atoms with Gasteiger partial charge in [-0.3, -0.25) is 47.4 Å².